The zero-order valence-corrected chi connectivity index (χ0v) is 16.1. The van der Waals surface area contributed by atoms with Gasteiger partial charge >= 0.3 is 0 Å². The molecule has 5 nitrogen and oxygen atoms in total. The Kier molecular flexibility index (Phi) is 6.17. The third-order valence-corrected chi connectivity index (χ3v) is 4.81. The second-order valence-electron chi connectivity index (χ2n) is 6.38. The van der Waals surface area contributed by atoms with E-state index in [-0.39, 0.29) is 0 Å². The molecular formula is C20H24N4OS. The highest BCUT2D eigenvalue weighted by atomic mass is 32.1. The molecule has 2 heterocycles. The summed E-state index contributed by atoms with van der Waals surface area (Å²) >= 11 is 5.42. The molecule has 0 bridgehead atoms. The molecule has 0 saturated carbocycles. The fraction of sp³-hybridized carbons (Fsp3) is 0.350. The van der Waals surface area contributed by atoms with Crippen LogP contribution in [0.5, 0.6) is 5.75 Å². The molecule has 6 heteroatoms. The van der Waals surface area contributed by atoms with Crippen LogP contribution >= 0.6 is 12.2 Å². The number of aryl methyl sites for hydroxylation is 3. The topological polar surface area (TPSA) is 44.9 Å². The predicted octanol–water partition coefficient (Wildman–Crippen LogP) is 4.53. The Morgan fingerprint density at radius 1 is 1.08 bits per heavy atom. The molecule has 0 fully saturated rings. The lowest BCUT2D eigenvalue weighted by Gasteiger charge is -2.09. The highest BCUT2D eigenvalue weighted by molar-refractivity contribution is 7.71. The monoisotopic (exact) mass is 368 g/mol. The van der Waals surface area contributed by atoms with E-state index in [9.17, 15) is 0 Å². The van der Waals surface area contributed by atoms with E-state index in [0.29, 0.717) is 0 Å². The predicted molar refractivity (Wildman–Crippen MR) is 105 cm³/mol. The maximum atomic E-state index is 5.42. The number of pyridine rings is 1. The molecule has 136 valence electrons. The quantitative estimate of drug-likeness (QED) is 0.433. The third kappa shape index (κ3) is 4.58. The van der Waals surface area contributed by atoms with Gasteiger partial charge in [-0.05, 0) is 50.5 Å². The lowest BCUT2D eigenvalue weighted by Crippen LogP contribution is -2.01. The van der Waals surface area contributed by atoms with Crippen LogP contribution in [-0.2, 0) is 13.0 Å². The van der Waals surface area contributed by atoms with Gasteiger partial charge in [-0.15, -0.1) is 5.10 Å². The van der Waals surface area contributed by atoms with Gasteiger partial charge in [0.1, 0.15) is 4.64 Å². The highest BCUT2D eigenvalue weighted by Gasteiger charge is 2.03. The van der Waals surface area contributed by atoms with E-state index in [1.807, 2.05) is 29.2 Å². The molecule has 0 N–H and O–H groups in total. The maximum Gasteiger partial charge on any atom is 0.153 e. The summed E-state index contributed by atoms with van der Waals surface area (Å²) in [6, 6.07) is 12.2. The summed E-state index contributed by atoms with van der Waals surface area (Å²) in [5.74, 6) is 0.759. The number of methoxy groups -OCH3 is 1. The van der Waals surface area contributed by atoms with E-state index in [4.69, 9.17) is 17.0 Å². The van der Waals surface area contributed by atoms with Crippen molar-refractivity contribution in [3.8, 4) is 11.4 Å². The van der Waals surface area contributed by atoms with Gasteiger partial charge in [-0.2, -0.15) is 0 Å². The largest absolute Gasteiger partial charge is 0.494 e. The number of hydrogen-bond acceptors (Lipinski definition) is 4. The van der Waals surface area contributed by atoms with Crippen molar-refractivity contribution in [2.75, 3.05) is 7.11 Å². The normalized spacial score (nSPS) is 10.8. The molecule has 0 aliphatic carbocycles. The molecule has 0 spiro atoms. The van der Waals surface area contributed by atoms with Gasteiger partial charge in [-0.1, -0.05) is 41.5 Å². The van der Waals surface area contributed by atoms with Crippen LogP contribution in [0.1, 0.15) is 30.5 Å². The summed E-state index contributed by atoms with van der Waals surface area (Å²) < 4.78 is 9.94. The number of ether oxygens (including phenoxy) is 1. The molecule has 0 unspecified atom stereocenters. The first-order valence-electron chi connectivity index (χ1n) is 8.89. The van der Waals surface area contributed by atoms with E-state index in [0.717, 1.165) is 54.0 Å². The number of rotatable bonds is 8. The Morgan fingerprint density at radius 2 is 1.88 bits per heavy atom. The van der Waals surface area contributed by atoms with Gasteiger partial charge in [-0.3, -0.25) is 0 Å². The minimum atomic E-state index is 0.759. The average Bonchev–Trinajstić information content (AvgIpc) is 3.12. The molecule has 2 aromatic heterocycles. The summed E-state index contributed by atoms with van der Waals surface area (Å²) in [6.07, 6.45) is 8.25. The van der Waals surface area contributed by atoms with Crippen molar-refractivity contribution in [1.29, 1.82) is 0 Å². The Labute approximate surface area is 159 Å². The number of hydrogen-bond donors (Lipinski definition) is 0. The zero-order chi connectivity index (χ0) is 18.4. The van der Waals surface area contributed by atoms with Crippen LogP contribution in [0.2, 0.25) is 0 Å². The molecule has 3 rings (SSSR count). The van der Waals surface area contributed by atoms with Crippen LogP contribution in [0.4, 0.5) is 0 Å². The maximum absolute atomic E-state index is 5.42. The van der Waals surface area contributed by atoms with Crippen LogP contribution in [0.15, 0.2) is 48.8 Å². The summed E-state index contributed by atoms with van der Waals surface area (Å²) in [7, 11) is 1.65. The Bertz CT molecular complexity index is 899. The minimum Gasteiger partial charge on any atom is -0.494 e. The van der Waals surface area contributed by atoms with Crippen LogP contribution in [-0.4, -0.2) is 26.7 Å². The second kappa shape index (κ2) is 8.76. The van der Waals surface area contributed by atoms with E-state index in [2.05, 4.69) is 46.1 Å². The van der Waals surface area contributed by atoms with Crippen molar-refractivity contribution in [2.24, 2.45) is 0 Å². The smallest absolute Gasteiger partial charge is 0.153 e. The van der Waals surface area contributed by atoms with Crippen LogP contribution in [0.3, 0.4) is 0 Å². The van der Waals surface area contributed by atoms with E-state index in [1.54, 1.807) is 7.11 Å². The van der Waals surface area contributed by atoms with Crippen LogP contribution in [0, 0.1) is 11.6 Å². The zero-order valence-electron chi connectivity index (χ0n) is 15.3. The summed E-state index contributed by atoms with van der Waals surface area (Å²) in [4.78, 5) is 0. The molecule has 0 atom stereocenters. The van der Waals surface area contributed by atoms with E-state index < -0.39 is 0 Å². The fourth-order valence-corrected chi connectivity index (χ4v) is 3.15. The first-order valence-corrected chi connectivity index (χ1v) is 9.30. The van der Waals surface area contributed by atoms with Gasteiger partial charge < -0.3 is 9.30 Å². The highest BCUT2D eigenvalue weighted by Crippen LogP contribution is 2.14. The number of aromatic nitrogens is 4. The van der Waals surface area contributed by atoms with Gasteiger partial charge in [0.15, 0.2) is 5.75 Å². The third-order valence-electron chi connectivity index (χ3n) is 4.38. The van der Waals surface area contributed by atoms with Crippen LogP contribution < -0.4 is 4.74 Å². The minimum absolute atomic E-state index is 0.759. The van der Waals surface area contributed by atoms with Crippen molar-refractivity contribution in [3.05, 3.63) is 64.7 Å². The first-order chi connectivity index (χ1) is 12.7. The lowest BCUT2D eigenvalue weighted by atomic mass is 10.1. The van der Waals surface area contributed by atoms with Crippen molar-refractivity contribution in [3.63, 3.8) is 0 Å². The van der Waals surface area contributed by atoms with Crippen molar-refractivity contribution >= 4 is 12.2 Å². The van der Waals surface area contributed by atoms with Crippen molar-refractivity contribution in [2.45, 2.75) is 39.2 Å². The Hall–Kier alpha value is -2.47. The first kappa shape index (κ1) is 18.3. The molecule has 1 aromatic carbocycles. The molecule has 0 amide bonds. The molecule has 3 aromatic rings. The summed E-state index contributed by atoms with van der Waals surface area (Å²) in [6.45, 7) is 2.99. The van der Waals surface area contributed by atoms with Crippen LogP contribution in [0.25, 0.3) is 5.69 Å². The molecule has 0 saturated heterocycles. The average molecular weight is 369 g/mol. The number of unbranched alkanes of at least 4 members (excludes halogenated alkanes) is 2. The summed E-state index contributed by atoms with van der Waals surface area (Å²) in [5.41, 5.74) is 3.32. The SMILES string of the molecule is COc1cccn(CCCCCc2cn(-c3ccc(C)cc3)nn2)c1=S. The standard InChI is InChI=1S/C20H24N4OS/c1-16-9-11-18(12-10-16)24-15-17(21-22-24)7-4-3-5-13-23-14-6-8-19(25-2)20(23)26/h6,8-12,14-15H,3-5,7,13H2,1-2H3. The Balaban J connectivity index is 1.46. The molecular weight excluding hydrogens is 344 g/mol. The molecule has 0 radical (unpaired) electrons. The second-order valence-corrected chi connectivity index (χ2v) is 6.76. The van der Waals surface area contributed by atoms with Gasteiger partial charge in [-0.25, -0.2) is 4.68 Å². The van der Waals surface area contributed by atoms with E-state index in [1.165, 1.54) is 5.56 Å². The van der Waals surface area contributed by atoms with Gasteiger partial charge in [0.25, 0.3) is 0 Å². The number of benzene rings is 1. The van der Waals surface area contributed by atoms with Gasteiger partial charge in [0, 0.05) is 12.7 Å². The van der Waals surface area contributed by atoms with E-state index >= 15 is 0 Å². The number of nitrogens with zero attached hydrogens (tertiary/aromatic N) is 4. The van der Waals surface area contributed by atoms with Gasteiger partial charge in [0.2, 0.25) is 0 Å². The Morgan fingerprint density at radius 3 is 2.65 bits per heavy atom. The lowest BCUT2D eigenvalue weighted by molar-refractivity contribution is 0.405. The fourth-order valence-electron chi connectivity index (χ4n) is 2.85. The van der Waals surface area contributed by atoms with Crippen molar-refractivity contribution in [1.82, 2.24) is 19.6 Å². The molecule has 26 heavy (non-hydrogen) atoms. The molecule has 0 aliphatic rings. The molecule has 0 aliphatic heterocycles. The van der Waals surface area contributed by atoms with Gasteiger partial charge in [0.05, 0.1) is 24.7 Å². The summed E-state index contributed by atoms with van der Waals surface area (Å²) in [5, 5.41) is 8.51. The van der Waals surface area contributed by atoms with Crippen molar-refractivity contribution < 1.29 is 4.74 Å².